The van der Waals surface area contributed by atoms with Gasteiger partial charge in [-0.1, -0.05) is 12.1 Å². The van der Waals surface area contributed by atoms with E-state index in [2.05, 4.69) is 34.1 Å². The van der Waals surface area contributed by atoms with E-state index < -0.39 is 0 Å². The number of piperazine rings is 1. The van der Waals surface area contributed by atoms with Crippen LogP contribution in [-0.4, -0.2) is 65.3 Å². The molecule has 1 aromatic heterocycles. The van der Waals surface area contributed by atoms with Gasteiger partial charge in [0.1, 0.15) is 5.82 Å². The molecule has 7 heteroatoms. The molecule has 4 atom stereocenters. The van der Waals surface area contributed by atoms with Crippen LogP contribution in [0.1, 0.15) is 32.1 Å². The number of hydrogen-bond donors (Lipinski definition) is 0. The van der Waals surface area contributed by atoms with Gasteiger partial charge in [0.2, 0.25) is 11.8 Å². The van der Waals surface area contributed by atoms with E-state index >= 15 is 0 Å². The van der Waals surface area contributed by atoms with Gasteiger partial charge in [0, 0.05) is 38.1 Å². The van der Waals surface area contributed by atoms with Crippen LogP contribution in [0.4, 0.5) is 5.82 Å². The molecule has 0 N–H and O–H groups in total. The van der Waals surface area contributed by atoms with Gasteiger partial charge in [-0.25, -0.2) is 0 Å². The van der Waals surface area contributed by atoms with Crippen molar-refractivity contribution in [2.45, 2.75) is 32.1 Å². The lowest BCUT2D eigenvalue weighted by molar-refractivity contribution is -0.140. The second kappa shape index (κ2) is 7.85. The Labute approximate surface area is 187 Å². The highest BCUT2D eigenvalue weighted by Crippen LogP contribution is 2.56. The number of imide groups is 1. The topological polar surface area (TPSA) is 56.8 Å². The van der Waals surface area contributed by atoms with Crippen molar-refractivity contribution in [1.82, 2.24) is 14.2 Å². The van der Waals surface area contributed by atoms with Gasteiger partial charge >= 0.3 is 0 Å². The van der Waals surface area contributed by atoms with Gasteiger partial charge < -0.3 is 4.90 Å². The molecule has 2 aliphatic heterocycles. The number of carbonyl (C=O) groups excluding carboxylic acids is 2. The van der Waals surface area contributed by atoms with E-state index in [1.807, 2.05) is 0 Å². The fraction of sp³-hybridized carbons (Fsp3) is 0.625. The number of anilines is 1. The summed E-state index contributed by atoms with van der Waals surface area (Å²) in [5, 5.41) is 1.26. The molecule has 31 heavy (non-hydrogen) atoms. The van der Waals surface area contributed by atoms with E-state index in [4.69, 9.17) is 4.37 Å². The van der Waals surface area contributed by atoms with E-state index in [0.29, 0.717) is 18.4 Å². The van der Waals surface area contributed by atoms with Crippen LogP contribution in [0.5, 0.6) is 0 Å². The van der Waals surface area contributed by atoms with E-state index in [-0.39, 0.29) is 23.7 Å². The summed E-state index contributed by atoms with van der Waals surface area (Å²) in [5.74, 6) is 2.45. The highest BCUT2D eigenvalue weighted by atomic mass is 32.1. The standard InChI is InChI=1S/C24H30N4O2S/c29-23-20-16-7-8-17(15-16)21(20)24(30)28(23)10-4-3-9-26-11-13-27(14-12-26)22-18-5-1-2-6-19(18)31-25-22/h1-2,5-6,16-17,20-21H,3-4,7-15H2. The van der Waals surface area contributed by atoms with Crippen LogP contribution < -0.4 is 4.90 Å². The highest BCUT2D eigenvalue weighted by molar-refractivity contribution is 7.13. The molecular formula is C24H30N4O2S. The van der Waals surface area contributed by atoms with Crippen molar-refractivity contribution in [2.24, 2.45) is 23.7 Å². The molecule has 6 nitrogen and oxygen atoms in total. The summed E-state index contributed by atoms with van der Waals surface area (Å²) in [5.41, 5.74) is 0. The molecule has 6 rings (SSSR count). The van der Waals surface area contributed by atoms with Gasteiger partial charge in [-0.05, 0) is 74.1 Å². The largest absolute Gasteiger partial charge is 0.353 e. The quantitative estimate of drug-likeness (QED) is 0.512. The zero-order chi connectivity index (χ0) is 20.9. The third-order valence-corrected chi connectivity index (χ3v) is 8.97. The average Bonchev–Trinajstić information content (AvgIpc) is 3.56. The van der Waals surface area contributed by atoms with Gasteiger partial charge in [-0.15, -0.1) is 0 Å². The number of likely N-dealkylation sites (tertiary alicyclic amines) is 1. The summed E-state index contributed by atoms with van der Waals surface area (Å²) < 4.78 is 5.95. The normalized spacial score (nSPS) is 30.7. The molecule has 2 bridgehead atoms. The number of unbranched alkanes of at least 4 members (excludes halogenated alkanes) is 1. The number of rotatable bonds is 6. The summed E-state index contributed by atoms with van der Waals surface area (Å²) >= 11 is 1.58. The third-order valence-electron chi connectivity index (χ3n) is 8.16. The van der Waals surface area contributed by atoms with Crippen molar-refractivity contribution in [3.8, 4) is 0 Å². The summed E-state index contributed by atoms with van der Waals surface area (Å²) in [6.07, 6.45) is 5.38. The Morgan fingerprint density at radius 2 is 1.58 bits per heavy atom. The highest BCUT2D eigenvalue weighted by Gasteiger charge is 2.60. The first kappa shape index (κ1) is 19.7. The average molecular weight is 439 g/mol. The van der Waals surface area contributed by atoms with Crippen LogP contribution in [0.3, 0.4) is 0 Å². The van der Waals surface area contributed by atoms with Crippen molar-refractivity contribution in [3.05, 3.63) is 24.3 Å². The molecule has 0 spiro atoms. The Bertz CT molecular complexity index is 970. The van der Waals surface area contributed by atoms with E-state index in [0.717, 1.165) is 70.6 Å². The minimum absolute atomic E-state index is 0.0288. The molecule has 2 amide bonds. The first-order valence-corrected chi connectivity index (χ1v) is 12.6. The monoisotopic (exact) mass is 438 g/mol. The number of nitrogens with zero attached hydrogens (tertiary/aromatic N) is 4. The number of benzene rings is 1. The molecular weight excluding hydrogens is 408 g/mol. The molecule has 0 radical (unpaired) electrons. The lowest BCUT2D eigenvalue weighted by Crippen LogP contribution is -2.46. The molecule has 164 valence electrons. The van der Waals surface area contributed by atoms with Crippen LogP contribution in [-0.2, 0) is 9.59 Å². The first-order valence-electron chi connectivity index (χ1n) is 11.9. The minimum Gasteiger partial charge on any atom is -0.353 e. The number of aromatic nitrogens is 1. The summed E-state index contributed by atoms with van der Waals surface area (Å²) in [4.78, 5) is 32.1. The molecule has 3 heterocycles. The van der Waals surface area contributed by atoms with Gasteiger partial charge in [0.15, 0.2) is 0 Å². The summed E-state index contributed by atoms with van der Waals surface area (Å²) in [6, 6.07) is 8.47. The van der Waals surface area contributed by atoms with Crippen LogP contribution in [0.25, 0.3) is 10.1 Å². The Kier molecular flexibility index (Phi) is 4.98. The van der Waals surface area contributed by atoms with Crippen molar-refractivity contribution >= 4 is 39.3 Å². The SMILES string of the molecule is O=C1C2C3CCC(C3)C2C(=O)N1CCCCN1CCN(c2nsc3ccccc23)CC1. The second-order valence-corrected chi connectivity index (χ2v) is 10.6. The predicted octanol–water partition coefficient (Wildman–Crippen LogP) is 3.23. The molecule has 4 fully saturated rings. The van der Waals surface area contributed by atoms with Crippen LogP contribution in [0.15, 0.2) is 24.3 Å². The lowest BCUT2D eigenvalue weighted by Gasteiger charge is -2.35. The molecule has 2 aliphatic carbocycles. The lowest BCUT2D eigenvalue weighted by atomic mass is 9.81. The summed E-state index contributed by atoms with van der Waals surface area (Å²) in [7, 11) is 0. The molecule has 2 saturated carbocycles. The maximum Gasteiger partial charge on any atom is 0.233 e. The number of amides is 2. The molecule has 4 unspecified atom stereocenters. The van der Waals surface area contributed by atoms with E-state index in [9.17, 15) is 9.59 Å². The third kappa shape index (κ3) is 3.28. The number of carbonyl (C=O) groups is 2. The molecule has 1 aromatic carbocycles. The smallest absolute Gasteiger partial charge is 0.233 e. The Morgan fingerprint density at radius 3 is 2.32 bits per heavy atom. The summed E-state index contributed by atoms with van der Waals surface area (Å²) in [6.45, 7) is 5.75. The number of hydrogen-bond acceptors (Lipinski definition) is 6. The van der Waals surface area contributed by atoms with Crippen LogP contribution in [0.2, 0.25) is 0 Å². The van der Waals surface area contributed by atoms with Crippen molar-refractivity contribution < 1.29 is 9.59 Å². The van der Waals surface area contributed by atoms with Crippen LogP contribution >= 0.6 is 11.5 Å². The zero-order valence-corrected chi connectivity index (χ0v) is 18.7. The first-order chi connectivity index (χ1) is 15.2. The number of fused-ring (bicyclic) bond motifs is 6. The van der Waals surface area contributed by atoms with Gasteiger partial charge in [-0.2, -0.15) is 4.37 Å². The predicted molar refractivity (Wildman–Crippen MR) is 122 cm³/mol. The minimum atomic E-state index is 0.0288. The fourth-order valence-electron chi connectivity index (χ4n) is 6.58. The Hall–Kier alpha value is -1.99. The molecule has 2 saturated heterocycles. The van der Waals surface area contributed by atoms with Crippen molar-refractivity contribution in [3.63, 3.8) is 0 Å². The van der Waals surface area contributed by atoms with Gasteiger partial charge in [0.05, 0.1) is 16.5 Å². The Morgan fingerprint density at radius 1 is 0.903 bits per heavy atom. The van der Waals surface area contributed by atoms with Gasteiger partial charge in [-0.3, -0.25) is 19.4 Å². The van der Waals surface area contributed by atoms with Crippen LogP contribution in [0, 0.1) is 23.7 Å². The molecule has 4 aliphatic rings. The molecule has 2 aromatic rings. The zero-order valence-electron chi connectivity index (χ0n) is 17.9. The van der Waals surface area contributed by atoms with Crippen molar-refractivity contribution in [1.29, 1.82) is 0 Å². The fourth-order valence-corrected chi connectivity index (χ4v) is 7.38. The maximum atomic E-state index is 12.8. The van der Waals surface area contributed by atoms with Crippen molar-refractivity contribution in [2.75, 3.05) is 44.2 Å². The Balaban J connectivity index is 0.967. The second-order valence-electron chi connectivity index (χ2n) is 9.75. The van der Waals surface area contributed by atoms with E-state index in [1.54, 1.807) is 16.4 Å². The van der Waals surface area contributed by atoms with Gasteiger partial charge in [0.25, 0.3) is 0 Å². The van der Waals surface area contributed by atoms with E-state index in [1.165, 1.54) is 10.1 Å². The maximum absolute atomic E-state index is 12.8.